The van der Waals surface area contributed by atoms with Crippen LogP contribution in [0, 0.1) is 12.7 Å². The summed E-state index contributed by atoms with van der Waals surface area (Å²) in [4.78, 5) is 0. The van der Waals surface area contributed by atoms with Crippen LogP contribution in [0.3, 0.4) is 0 Å². The summed E-state index contributed by atoms with van der Waals surface area (Å²) >= 11 is 12.1. The Morgan fingerprint density at radius 2 is 1.89 bits per heavy atom. The molecular weight excluding hydrogens is 284 g/mol. The van der Waals surface area contributed by atoms with Gasteiger partial charge in [0.1, 0.15) is 5.82 Å². The van der Waals surface area contributed by atoms with Gasteiger partial charge in [0.15, 0.2) is 0 Å². The van der Waals surface area contributed by atoms with E-state index in [9.17, 15) is 4.39 Å². The summed E-state index contributed by atoms with van der Waals surface area (Å²) in [6, 6.07) is 10.5. The molecule has 0 aliphatic carbocycles. The summed E-state index contributed by atoms with van der Waals surface area (Å²) in [6.45, 7) is 3.91. The first kappa shape index (κ1) is 14.2. The molecule has 100 valence electrons. The number of hydrogen-bond donors (Lipinski definition) is 1. The van der Waals surface area contributed by atoms with Gasteiger partial charge in [0.25, 0.3) is 0 Å². The molecule has 0 aliphatic rings. The molecule has 0 bridgehead atoms. The Labute approximate surface area is 122 Å². The lowest BCUT2D eigenvalue weighted by Gasteiger charge is -2.19. The fourth-order valence-electron chi connectivity index (χ4n) is 2.00. The van der Waals surface area contributed by atoms with E-state index in [2.05, 4.69) is 5.32 Å². The smallest absolute Gasteiger partial charge is 0.142 e. The van der Waals surface area contributed by atoms with E-state index >= 15 is 0 Å². The number of halogens is 3. The normalized spacial score (nSPS) is 12.3. The highest BCUT2D eigenvalue weighted by atomic mass is 35.5. The van der Waals surface area contributed by atoms with Crippen LogP contribution >= 0.6 is 23.2 Å². The monoisotopic (exact) mass is 297 g/mol. The molecule has 2 rings (SSSR count). The van der Waals surface area contributed by atoms with Gasteiger partial charge in [-0.15, -0.1) is 0 Å². The molecule has 1 atom stereocenters. The number of anilines is 1. The minimum absolute atomic E-state index is 0.0696. The standard InChI is InChI=1S/C15H14Cl2FN/c1-9-4-3-5-11(8-9)19-10(2)14-12(16)6-7-13(18)15(14)17/h3-8,10,19H,1-2H3. The molecule has 1 unspecified atom stereocenters. The maximum Gasteiger partial charge on any atom is 0.142 e. The molecule has 0 saturated heterocycles. The van der Waals surface area contributed by atoms with E-state index < -0.39 is 5.82 Å². The predicted octanol–water partition coefficient (Wildman–Crippen LogP) is 5.61. The lowest BCUT2D eigenvalue weighted by atomic mass is 10.1. The first-order valence-corrected chi connectivity index (χ1v) is 6.71. The fraction of sp³-hybridized carbons (Fsp3) is 0.200. The van der Waals surface area contributed by atoms with Crippen molar-refractivity contribution < 1.29 is 4.39 Å². The first-order valence-electron chi connectivity index (χ1n) is 5.95. The van der Waals surface area contributed by atoms with Crippen molar-refractivity contribution in [2.24, 2.45) is 0 Å². The zero-order valence-corrected chi connectivity index (χ0v) is 12.2. The van der Waals surface area contributed by atoms with Gasteiger partial charge in [-0.3, -0.25) is 0 Å². The van der Waals surface area contributed by atoms with Crippen molar-refractivity contribution in [2.45, 2.75) is 19.9 Å². The number of nitrogens with one attached hydrogen (secondary N) is 1. The van der Waals surface area contributed by atoms with E-state index in [1.54, 1.807) is 0 Å². The average Bonchev–Trinajstić information content (AvgIpc) is 2.34. The maximum atomic E-state index is 13.5. The molecule has 4 heteroatoms. The Balaban J connectivity index is 2.30. The summed E-state index contributed by atoms with van der Waals surface area (Å²) in [5, 5.41) is 3.80. The highest BCUT2D eigenvalue weighted by Gasteiger charge is 2.16. The molecule has 0 spiro atoms. The number of benzene rings is 2. The zero-order valence-electron chi connectivity index (χ0n) is 10.7. The number of rotatable bonds is 3. The Morgan fingerprint density at radius 1 is 1.16 bits per heavy atom. The van der Waals surface area contributed by atoms with E-state index in [-0.39, 0.29) is 11.1 Å². The average molecular weight is 298 g/mol. The molecule has 2 aromatic carbocycles. The van der Waals surface area contributed by atoms with Gasteiger partial charge in [-0.05, 0) is 43.7 Å². The van der Waals surface area contributed by atoms with Gasteiger partial charge < -0.3 is 5.32 Å². The third-order valence-electron chi connectivity index (χ3n) is 2.91. The van der Waals surface area contributed by atoms with Gasteiger partial charge >= 0.3 is 0 Å². The largest absolute Gasteiger partial charge is 0.378 e. The molecule has 0 heterocycles. The third-order valence-corrected chi connectivity index (χ3v) is 3.63. The Hall–Kier alpha value is -1.25. The van der Waals surface area contributed by atoms with Crippen LogP contribution in [0.5, 0.6) is 0 Å². The van der Waals surface area contributed by atoms with Crippen molar-refractivity contribution in [2.75, 3.05) is 5.32 Å². The van der Waals surface area contributed by atoms with Crippen LogP contribution in [0.1, 0.15) is 24.1 Å². The van der Waals surface area contributed by atoms with Crippen molar-refractivity contribution in [3.05, 3.63) is 63.4 Å². The summed E-state index contributed by atoms with van der Waals surface area (Å²) < 4.78 is 13.5. The molecule has 0 radical (unpaired) electrons. The molecule has 2 aromatic rings. The third kappa shape index (κ3) is 3.20. The number of aryl methyl sites for hydroxylation is 1. The quantitative estimate of drug-likeness (QED) is 0.726. The molecule has 0 aromatic heterocycles. The second-order valence-corrected chi connectivity index (χ2v) is 5.28. The minimum atomic E-state index is -0.459. The summed E-state index contributed by atoms with van der Waals surface area (Å²) in [5.41, 5.74) is 2.67. The summed E-state index contributed by atoms with van der Waals surface area (Å²) in [6.07, 6.45) is 0. The van der Waals surface area contributed by atoms with Gasteiger partial charge in [-0.2, -0.15) is 0 Å². The Morgan fingerprint density at radius 3 is 2.58 bits per heavy atom. The van der Waals surface area contributed by atoms with Crippen LogP contribution in [0.4, 0.5) is 10.1 Å². The van der Waals surface area contributed by atoms with Crippen molar-refractivity contribution in [1.29, 1.82) is 0 Å². The van der Waals surface area contributed by atoms with E-state index in [0.717, 1.165) is 11.3 Å². The van der Waals surface area contributed by atoms with Crippen LogP contribution in [-0.4, -0.2) is 0 Å². The molecule has 0 fully saturated rings. The van der Waals surface area contributed by atoms with Gasteiger partial charge in [0, 0.05) is 16.3 Å². The Kier molecular flexibility index (Phi) is 4.33. The van der Waals surface area contributed by atoms with E-state index in [1.807, 2.05) is 38.1 Å². The van der Waals surface area contributed by atoms with Crippen LogP contribution in [0.25, 0.3) is 0 Å². The highest BCUT2D eigenvalue weighted by molar-refractivity contribution is 6.36. The van der Waals surface area contributed by atoms with Gasteiger partial charge in [0.2, 0.25) is 0 Å². The number of hydrogen-bond acceptors (Lipinski definition) is 1. The molecule has 19 heavy (non-hydrogen) atoms. The zero-order chi connectivity index (χ0) is 14.0. The predicted molar refractivity (Wildman–Crippen MR) is 79.6 cm³/mol. The van der Waals surface area contributed by atoms with E-state index in [0.29, 0.717) is 10.6 Å². The molecular formula is C15H14Cl2FN. The second kappa shape index (κ2) is 5.81. The molecule has 0 aliphatic heterocycles. The van der Waals surface area contributed by atoms with Crippen molar-refractivity contribution in [3.63, 3.8) is 0 Å². The van der Waals surface area contributed by atoms with Crippen molar-refractivity contribution >= 4 is 28.9 Å². The van der Waals surface area contributed by atoms with Crippen LogP contribution in [0.2, 0.25) is 10.0 Å². The lowest BCUT2D eigenvalue weighted by molar-refractivity contribution is 0.624. The lowest BCUT2D eigenvalue weighted by Crippen LogP contribution is -2.08. The summed E-state index contributed by atoms with van der Waals surface area (Å²) in [7, 11) is 0. The minimum Gasteiger partial charge on any atom is -0.378 e. The maximum absolute atomic E-state index is 13.5. The Bertz CT molecular complexity index is 599. The van der Waals surface area contributed by atoms with E-state index in [4.69, 9.17) is 23.2 Å². The molecule has 0 saturated carbocycles. The van der Waals surface area contributed by atoms with Crippen LogP contribution < -0.4 is 5.32 Å². The molecule has 0 amide bonds. The van der Waals surface area contributed by atoms with Gasteiger partial charge in [0.05, 0.1) is 11.1 Å². The van der Waals surface area contributed by atoms with Crippen molar-refractivity contribution in [3.8, 4) is 0 Å². The fourth-order valence-corrected chi connectivity index (χ4v) is 2.69. The van der Waals surface area contributed by atoms with Gasteiger partial charge in [-0.1, -0.05) is 35.3 Å². The molecule has 1 nitrogen and oxygen atoms in total. The van der Waals surface area contributed by atoms with Crippen molar-refractivity contribution in [1.82, 2.24) is 0 Å². The summed E-state index contributed by atoms with van der Waals surface area (Å²) in [5.74, 6) is -0.459. The SMILES string of the molecule is Cc1cccc(NC(C)c2c(Cl)ccc(F)c2Cl)c1. The highest BCUT2D eigenvalue weighted by Crippen LogP contribution is 2.34. The van der Waals surface area contributed by atoms with Crippen LogP contribution in [-0.2, 0) is 0 Å². The van der Waals surface area contributed by atoms with Gasteiger partial charge in [-0.25, -0.2) is 4.39 Å². The first-order chi connectivity index (χ1) is 8.99. The second-order valence-electron chi connectivity index (χ2n) is 4.49. The van der Waals surface area contributed by atoms with E-state index in [1.165, 1.54) is 12.1 Å². The topological polar surface area (TPSA) is 12.0 Å². The van der Waals surface area contributed by atoms with Crippen LogP contribution in [0.15, 0.2) is 36.4 Å². The molecule has 1 N–H and O–H groups in total.